The van der Waals surface area contributed by atoms with Crippen LogP contribution in [0, 0.1) is 0 Å². The maximum atomic E-state index is 12.5. The van der Waals surface area contributed by atoms with Gasteiger partial charge >= 0.3 is 7.60 Å². The lowest BCUT2D eigenvalue weighted by Gasteiger charge is -2.45. The first-order chi connectivity index (χ1) is 14.0. The Morgan fingerprint density at radius 3 is 1.67 bits per heavy atom. The first kappa shape index (κ1) is 27.6. The first-order valence-corrected chi connectivity index (χ1v) is 13.7. The Hall–Kier alpha value is -0.480. The van der Waals surface area contributed by atoms with Crippen LogP contribution in [0.3, 0.4) is 0 Å². The number of para-hydroxylation sites is 1. The highest BCUT2D eigenvalue weighted by Gasteiger charge is 2.36. The number of nitrogens with zero attached hydrogens (tertiary/aromatic N) is 2. The molecule has 0 amide bonds. The van der Waals surface area contributed by atoms with Crippen molar-refractivity contribution in [3.8, 4) is 5.75 Å². The van der Waals surface area contributed by atoms with E-state index < -0.39 is 16.0 Å². The van der Waals surface area contributed by atoms with E-state index in [1.54, 1.807) is 0 Å². The SMILES string of the molecule is COP(=O)(CCc1ccccc1OP(N(C(C)C)C(C)C)N(C(C)C)C(C)C)OC. The lowest BCUT2D eigenvalue weighted by atomic mass is 10.1. The minimum atomic E-state index is -3.07. The summed E-state index contributed by atoms with van der Waals surface area (Å²) in [4.78, 5) is 0. The molecule has 0 aliphatic carbocycles. The third-order valence-corrected chi connectivity index (χ3v) is 9.76. The zero-order chi connectivity index (χ0) is 23.1. The summed E-state index contributed by atoms with van der Waals surface area (Å²) < 4.78 is 34.5. The van der Waals surface area contributed by atoms with E-state index in [2.05, 4.69) is 64.7 Å². The smallest absolute Gasteiger partial charge is 0.330 e. The van der Waals surface area contributed by atoms with Gasteiger partial charge in [0.05, 0.1) is 6.16 Å². The van der Waals surface area contributed by atoms with E-state index in [4.69, 9.17) is 13.6 Å². The summed E-state index contributed by atoms with van der Waals surface area (Å²) in [6.45, 7) is 17.8. The maximum Gasteiger partial charge on any atom is 0.330 e. The van der Waals surface area contributed by atoms with E-state index in [1.807, 2.05) is 24.3 Å². The summed E-state index contributed by atoms with van der Waals surface area (Å²) >= 11 is 0. The Labute approximate surface area is 185 Å². The first-order valence-electron chi connectivity index (χ1n) is 10.8. The number of aryl methyl sites for hydroxylation is 1. The van der Waals surface area contributed by atoms with E-state index in [0.717, 1.165) is 11.3 Å². The number of hydrogen-bond acceptors (Lipinski definition) is 6. The second kappa shape index (κ2) is 12.5. The van der Waals surface area contributed by atoms with Crippen molar-refractivity contribution in [2.75, 3.05) is 20.4 Å². The molecular formula is C22H42N2O4P2. The highest BCUT2D eigenvalue weighted by molar-refractivity contribution is 7.53. The molecule has 8 heteroatoms. The van der Waals surface area contributed by atoms with Crippen LogP contribution in [0.15, 0.2) is 24.3 Å². The largest absolute Gasteiger partial charge is 0.444 e. The molecule has 0 fully saturated rings. The molecule has 0 saturated heterocycles. The van der Waals surface area contributed by atoms with Gasteiger partial charge < -0.3 is 13.6 Å². The van der Waals surface area contributed by atoms with E-state index in [-0.39, 0.29) is 0 Å². The van der Waals surface area contributed by atoms with Crippen LogP contribution < -0.4 is 4.52 Å². The van der Waals surface area contributed by atoms with Gasteiger partial charge in [-0.25, -0.2) is 9.34 Å². The molecule has 1 aromatic rings. The third-order valence-electron chi connectivity index (χ3n) is 4.88. The lowest BCUT2D eigenvalue weighted by Crippen LogP contribution is -2.44. The molecule has 6 nitrogen and oxygen atoms in total. The molecular weight excluding hydrogens is 418 g/mol. The van der Waals surface area contributed by atoms with Crippen molar-refractivity contribution in [1.82, 2.24) is 9.34 Å². The molecule has 0 aliphatic rings. The maximum absolute atomic E-state index is 12.5. The van der Waals surface area contributed by atoms with Crippen LogP contribution >= 0.6 is 16.0 Å². The molecule has 0 bridgehead atoms. The van der Waals surface area contributed by atoms with Crippen molar-refractivity contribution < 1.29 is 18.1 Å². The number of hydrogen-bond donors (Lipinski definition) is 0. The van der Waals surface area contributed by atoms with Gasteiger partial charge in [-0.3, -0.25) is 4.57 Å². The van der Waals surface area contributed by atoms with Crippen molar-refractivity contribution in [3.63, 3.8) is 0 Å². The van der Waals surface area contributed by atoms with E-state index in [1.165, 1.54) is 14.2 Å². The average Bonchev–Trinajstić information content (AvgIpc) is 2.65. The molecule has 0 spiro atoms. The van der Waals surface area contributed by atoms with Crippen molar-refractivity contribution in [3.05, 3.63) is 29.8 Å². The second-order valence-corrected chi connectivity index (χ2v) is 12.5. The van der Waals surface area contributed by atoms with Crippen molar-refractivity contribution >= 4 is 16.0 Å². The van der Waals surface area contributed by atoms with Crippen LogP contribution in [0.25, 0.3) is 0 Å². The van der Waals surface area contributed by atoms with Crippen LogP contribution in [0.4, 0.5) is 0 Å². The van der Waals surface area contributed by atoms with Crippen molar-refractivity contribution in [2.45, 2.75) is 86.0 Å². The standard InChI is InChI=1S/C22H42N2O4P2/c1-17(2)23(18(3)4)29(24(19(5)6)20(7)8)28-22-14-12-11-13-21(22)15-16-30(25,26-9)27-10/h11-14,17-20H,15-16H2,1-10H3. The van der Waals surface area contributed by atoms with Gasteiger partial charge in [-0.2, -0.15) is 0 Å². The Morgan fingerprint density at radius 1 is 0.833 bits per heavy atom. The van der Waals surface area contributed by atoms with E-state index in [9.17, 15) is 4.57 Å². The fraction of sp³-hybridized carbons (Fsp3) is 0.727. The lowest BCUT2D eigenvalue weighted by molar-refractivity contribution is 0.225. The fourth-order valence-corrected chi connectivity index (χ4v) is 6.99. The van der Waals surface area contributed by atoms with Gasteiger partial charge in [0.15, 0.2) is 0 Å². The molecule has 1 rings (SSSR count). The Bertz CT molecular complexity index is 639. The molecule has 1 aromatic carbocycles. The molecule has 0 N–H and O–H groups in total. The van der Waals surface area contributed by atoms with Gasteiger partial charge in [-0.15, -0.1) is 0 Å². The van der Waals surface area contributed by atoms with Gasteiger partial charge in [0.2, 0.25) is 8.45 Å². The molecule has 30 heavy (non-hydrogen) atoms. The topological polar surface area (TPSA) is 51.2 Å². The Kier molecular flexibility index (Phi) is 11.5. The minimum Gasteiger partial charge on any atom is -0.444 e. The molecule has 0 aliphatic heterocycles. The molecule has 0 atom stereocenters. The van der Waals surface area contributed by atoms with E-state index >= 15 is 0 Å². The quantitative estimate of drug-likeness (QED) is 0.311. The van der Waals surface area contributed by atoms with Gasteiger partial charge in [0.25, 0.3) is 0 Å². The van der Waals surface area contributed by atoms with Crippen LogP contribution in [0.1, 0.15) is 61.0 Å². The average molecular weight is 461 g/mol. The van der Waals surface area contributed by atoms with Crippen molar-refractivity contribution in [1.29, 1.82) is 0 Å². The van der Waals surface area contributed by atoms with Gasteiger partial charge in [-0.1, -0.05) is 18.2 Å². The van der Waals surface area contributed by atoms with Crippen molar-refractivity contribution in [2.24, 2.45) is 0 Å². The number of benzene rings is 1. The Balaban J connectivity index is 3.31. The predicted octanol–water partition coefficient (Wildman–Crippen LogP) is 6.56. The van der Waals surface area contributed by atoms with Crippen LogP contribution in [-0.4, -0.2) is 53.9 Å². The molecule has 0 heterocycles. The summed E-state index contributed by atoms with van der Waals surface area (Å²) in [6, 6.07) is 9.37. The van der Waals surface area contributed by atoms with E-state index in [0.29, 0.717) is 36.8 Å². The predicted molar refractivity (Wildman–Crippen MR) is 128 cm³/mol. The third kappa shape index (κ3) is 7.58. The molecule has 0 aromatic heterocycles. The van der Waals surface area contributed by atoms with Crippen LogP contribution in [-0.2, 0) is 20.0 Å². The second-order valence-electron chi connectivity index (χ2n) is 8.54. The summed E-state index contributed by atoms with van der Waals surface area (Å²) in [5, 5.41) is 0. The molecule has 0 saturated carbocycles. The molecule has 174 valence electrons. The fourth-order valence-electron chi connectivity index (χ4n) is 3.60. The monoisotopic (exact) mass is 460 g/mol. The van der Waals surface area contributed by atoms with Crippen LogP contribution in [0.2, 0.25) is 0 Å². The normalized spacial score (nSPS) is 13.1. The minimum absolute atomic E-state index is 0.314. The van der Waals surface area contributed by atoms with Gasteiger partial charge in [0.1, 0.15) is 5.75 Å². The van der Waals surface area contributed by atoms with Crippen LogP contribution in [0.5, 0.6) is 5.75 Å². The van der Waals surface area contributed by atoms with Gasteiger partial charge in [-0.05, 0) is 73.4 Å². The summed E-state index contributed by atoms with van der Waals surface area (Å²) in [7, 11) is -1.26. The highest BCUT2D eigenvalue weighted by Crippen LogP contribution is 2.52. The highest BCUT2D eigenvalue weighted by atomic mass is 31.2. The summed E-state index contributed by atoms with van der Waals surface area (Å²) in [5.41, 5.74) is 1.01. The summed E-state index contributed by atoms with van der Waals surface area (Å²) in [5.74, 6) is 0.833. The van der Waals surface area contributed by atoms with Gasteiger partial charge in [0, 0.05) is 38.4 Å². The summed E-state index contributed by atoms with van der Waals surface area (Å²) in [6.07, 6.45) is 0.874. The zero-order valence-electron chi connectivity index (χ0n) is 20.5. The molecule has 0 radical (unpaired) electrons. The number of rotatable bonds is 13. The molecule has 0 unspecified atom stereocenters. The Morgan fingerprint density at radius 2 is 1.27 bits per heavy atom. The zero-order valence-corrected chi connectivity index (χ0v) is 22.2.